The van der Waals surface area contributed by atoms with Crippen LogP contribution in [0.2, 0.25) is 0 Å². The van der Waals surface area contributed by atoms with Crippen LogP contribution in [0.4, 0.5) is 46.0 Å². The number of phenolic OH excluding ortho intramolecular Hbond substituents is 1. The summed E-state index contributed by atoms with van der Waals surface area (Å²) in [6.45, 7) is 0. The molecule has 0 atom stereocenters. The fourth-order valence-corrected chi connectivity index (χ4v) is 9.61. The predicted molar refractivity (Wildman–Crippen MR) is 247 cm³/mol. The summed E-state index contributed by atoms with van der Waals surface area (Å²) in [6.07, 6.45) is 0. The van der Waals surface area contributed by atoms with Crippen molar-refractivity contribution in [1.82, 2.24) is 15.0 Å². The lowest BCUT2D eigenvalue weighted by atomic mass is 10.0. The van der Waals surface area contributed by atoms with Gasteiger partial charge in [0.25, 0.3) is 30.4 Å². The summed E-state index contributed by atoms with van der Waals surface area (Å²) in [5.74, 6) is -1.66. The number of benzene rings is 7. The lowest BCUT2D eigenvalue weighted by Crippen LogP contribution is -2.06. The molecule has 9 N–H and O–H groups in total. The highest BCUT2D eigenvalue weighted by Crippen LogP contribution is 2.52. The second-order valence-corrected chi connectivity index (χ2v) is 19.6. The quantitative estimate of drug-likeness (QED) is 0.0135. The van der Waals surface area contributed by atoms with Crippen molar-refractivity contribution in [2.24, 2.45) is 20.5 Å². The summed E-state index contributed by atoms with van der Waals surface area (Å²) in [5.41, 5.74) is -1.55. The lowest BCUT2D eigenvalue weighted by molar-refractivity contribution is -0.432. The summed E-state index contributed by atoms with van der Waals surface area (Å²) < 4.78 is 115. The molecule has 7 aromatic carbocycles. The second-order valence-electron chi connectivity index (χ2n) is 13.9. The number of hydrogen-bond acceptors (Lipinski definition) is 25. The van der Waals surface area contributed by atoms with Crippen LogP contribution in [0.5, 0.6) is 11.8 Å². The van der Waals surface area contributed by atoms with Gasteiger partial charge in [0.2, 0.25) is 11.9 Å². The molecule has 360 valence electrons. The molecule has 0 saturated heterocycles. The number of fused-ring (bicyclic) bond motifs is 3. The molecular formula is C39H27N9O17S5. The molecule has 0 aliphatic carbocycles. The molecule has 8 rings (SSSR count). The first-order chi connectivity index (χ1) is 33.3. The maximum absolute atomic E-state index is 13.3. The van der Waals surface area contributed by atoms with Crippen molar-refractivity contribution in [2.75, 3.05) is 10.6 Å². The number of nitrogens with one attached hydrogen (secondary N) is 2. The molecular weight excluding hydrogens is 1030 g/mol. The Bertz CT molecular complexity index is 3780. The molecule has 0 aliphatic rings. The van der Waals surface area contributed by atoms with Crippen molar-refractivity contribution < 1.29 is 78.4 Å². The number of para-hydroxylation sites is 1. The molecule has 0 unspecified atom stereocenters. The van der Waals surface area contributed by atoms with Gasteiger partial charge in [0.1, 0.15) is 21.2 Å². The molecule has 0 radical (unpaired) electrons. The minimum Gasteiger partial charge on any atom is -0.505 e. The minimum absolute atomic E-state index is 0.00999. The van der Waals surface area contributed by atoms with Gasteiger partial charge in [-0.1, -0.05) is 58.6 Å². The van der Waals surface area contributed by atoms with E-state index in [1.165, 1.54) is 48.5 Å². The fourth-order valence-electron chi connectivity index (χ4n) is 6.78. The van der Waals surface area contributed by atoms with Crippen LogP contribution in [0.15, 0.2) is 154 Å². The minimum atomic E-state index is -5.35. The third-order valence-corrected chi connectivity index (χ3v) is 13.4. The van der Waals surface area contributed by atoms with Crippen molar-refractivity contribution in [3.05, 3.63) is 109 Å². The summed E-state index contributed by atoms with van der Waals surface area (Å²) in [6, 6.07) is 23.6. The van der Waals surface area contributed by atoms with E-state index in [4.69, 9.17) is 10.5 Å². The van der Waals surface area contributed by atoms with Gasteiger partial charge in [-0.05, 0) is 71.4 Å². The first-order valence-corrected chi connectivity index (χ1v) is 24.7. The molecule has 0 spiro atoms. The van der Waals surface area contributed by atoms with Crippen LogP contribution >= 0.6 is 24.1 Å². The molecule has 1 heterocycles. The van der Waals surface area contributed by atoms with Crippen molar-refractivity contribution in [1.29, 1.82) is 0 Å². The van der Waals surface area contributed by atoms with Gasteiger partial charge in [-0.15, -0.1) is 29.1 Å². The van der Waals surface area contributed by atoms with Crippen LogP contribution in [-0.4, -0.2) is 74.6 Å². The molecule has 0 fully saturated rings. The normalized spacial score (nSPS) is 12.5. The summed E-state index contributed by atoms with van der Waals surface area (Å²) in [5, 5.41) is 70.6. The number of rotatable bonds is 17. The Morgan fingerprint density at radius 1 is 0.543 bits per heavy atom. The number of aromatic hydroxyl groups is 2. The Morgan fingerprint density at radius 2 is 1.20 bits per heavy atom. The van der Waals surface area contributed by atoms with Gasteiger partial charge in [-0.25, -0.2) is 10.5 Å². The van der Waals surface area contributed by atoms with E-state index in [0.717, 1.165) is 30.3 Å². The molecule has 0 aliphatic heterocycles. The van der Waals surface area contributed by atoms with Crippen LogP contribution in [-0.2, 0) is 49.1 Å². The van der Waals surface area contributed by atoms with Crippen LogP contribution in [0.1, 0.15) is 0 Å². The standard InChI is InChI=1S/C39H27N9O17S5/c49-36-32-20(16-29(67-65-63-52)33(36)47-46-28-18-22(66-64-62-51)14-19-15-23(68(53,54)55)12-13-24(19)28)17-31(70(59,60)61)34(48-45-27-10-4-9-26-25(27)8-5-11-30(26)69(56,57)58)35(32)41-38-42-37(43-39(50)44-38)40-21-6-2-1-3-7-21/h1-18,49,51-52H,(H,53,54,55)(H,56,57,58)(H,59,60,61)(H3,40,41,42,43,44,50). The van der Waals surface area contributed by atoms with E-state index in [1.807, 2.05) is 0 Å². The monoisotopic (exact) mass is 1050 g/mol. The average Bonchev–Trinajstić information content (AvgIpc) is 3.30. The van der Waals surface area contributed by atoms with Crippen LogP contribution in [0, 0.1) is 0 Å². The molecule has 26 nitrogen and oxygen atoms in total. The summed E-state index contributed by atoms with van der Waals surface area (Å²) in [4.78, 5) is 9.93. The molecule has 70 heavy (non-hydrogen) atoms. The van der Waals surface area contributed by atoms with Gasteiger partial charge in [0.05, 0.1) is 56.3 Å². The number of aromatic nitrogens is 3. The van der Waals surface area contributed by atoms with Crippen molar-refractivity contribution >= 4 is 133 Å². The number of hydrogen-bond donors (Lipinski definition) is 9. The van der Waals surface area contributed by atoms with E-state index < -0.39 is 85.2 Å². The van der Waals surface area contributed by atoms with Crippen molar-refractivity contribution in [3.8, 4) is 11.8 Å². The summed E-state index contributed by atoms with van der Waals surface area (Å²) >= 11 is 0.661. The van der Waals surface area contributed by atoms with E-state index in [9.17, 15) is 49.1 Å². The average molecular weight is 1050 g/mol. The first-order valence-electron chi connectivity index (χ1n) is 18.9. The predicted octanol–water partition coefficient (Wildman–Crippen LogP) is 9.66. The van der Waals surface area contributed by atoms with Gasteiger partial charge < -0.3 is 20.8 Å². The van der Waals surface area contributed by atoms with E-state index in [2.05, 4.69) is 64.8 Å². The zero-order chi connectivity index (χ0) is 50.0. The van der Waals surface area contributed by atoms with Crippen molar-refractivity contribution in [3.63, 3.8) is 0 Å². The van der Waals surface area contributed by atoms with E-state index in [-0.39, 0.29) is 66.1 Å². The lowest BCUT2D eigenvalue weighted by Gasteiger charge is -2.17. The summed E-state index contributed by atoms with van der Waals surface area (Å²) in [7, 11) is -14.8. The van der Waals surface area contributed by atoms with E-state index in [0.29, 0.717) is 17.7 Å². The fraction of sp³-hybridized carbons (Fsp3) is 0. The number of nitrogens with zero attached hydrogens (tertiary/aromatic N) is 7. The number of phenols is 1. The Kier molecular flexibility index (Phi) is 14.2. The third kappa shape index (κ3) is 10.9. The topological polar surface area (TPSA) is 393 Å². The Balaban J connectivity index is 1.40. The zero-order valence-electron chi connectivity index (χ0n) is 34.3. The smallest absolute Gasteiger partial charge is 0.320 e. The van der Waals surface area contributed by atoms with Gasteiger partial charge >= 0.3 is 6.01 Å². The van der Waals surface area contributed by atoms with Gasteiger partial charge in [0.15, 0.2) is 5.75 Å². The molecule has 8 aromatic rings. The van der Waals surface area contributed by atoms with Crippen LogP contribution in [0.25, 0.3) is 32.3 Å². The number of anilines is 4. The SMILES string of the molecule is O=S(=O)(O)c1ccc2c(N=Nc3c(SOOO)cc4cc(S(=O)(=O)O)c(N=Nc5cccc6c(S(=O)(=O)O)cccc56)c(Nc5nc(O)nc(Nc6ccccc6)n5)c4c3O)cc(SOOO)cc2c1. The maximum Gasteiger partial charge on any atom is 0.320 e. The van der Waals surface area contributed by atoms with E-state index >= 15 is 0 Å². The largest absolute Gasteiger partial charge is 0.505 e. The van der Waals surface area contributed by atoms with Crippen LogP contribution < -0.4 is 10.6 Å². The molecule has 31 heteroatoms. The highest BCUT2D eigenvalue weighted by atomic mass is 32.2. The van der Waals surface area contributed by atoms with Gasteiger partial charge in [-0.3, -0.25) is 13.7 Å². The van der Waals surface area contributed by atoms with Gasteiger partial charge in [0, 0.05) is 26.7 Å². The van der Waals surface area contributed by atoms with Crippen LogP contribution in [0.3, 0.4) is 0 Å². The zero-order valence-corrected chi connectivity index (χ0v) is 38.4. The Labute approximate surface area is 400 Å². The maximum atomic E-state index is 13.3. The highest BCUT2D eigenvalue weighted by Gasteiger charge is 2.28. The molecule has 0 amide bonds. The molecule has 0 bridgehead atoms. The van der Waals surface area contributed by atoms with Gasteiger partial charge in [-0.2, -0.15) is 40.2 Å². The van der Waals surface area contributed by atoms with Crippen molar-refractivity contribution in [2.45, 2.75) is 24.5 Å². The Morgan fingerprint density at radius 3 is 1.90 bits per heavy atom. The number of azo groups is 2. The van der Waals surface area contributed by atoms with E-state index in [1.54, 1.807) is 30.3 Å². The molecule has 0 saturated carbocycles. The molecule has 1 aromatic heterocycles. The first kappa shape index (κ1) is 49.3. The second kappa shape index (κ2) is 20.1. The Hall–Kier alpha value is -7.08. The third-order valence-electron chi connectivity index (χ3n) is 9.59. The highest BCUT2D eigenvalue weighted by molar-refractivity contribution is 7.95.